The molecule has 0 aromatic heterocycles. The summed E-state index contributed by atoms with van der Waals surface area (Å²) in [7, 11) is 0. The van der Waals surface area contributed by atoms with Crippen molar-refractivity contribution in [3.8, 4) is 0 Å². The number of carbonyl (C=O) groups excluding carboxylic acids is 1. The lowest BCUT2D eigenvalue weighted by atomic mass is 10.1. The molecule has 0 aliphatic carbocycles. The molecule has 2 rings (SSSR count). The van der Waals surface area contributed by atoms with Gasteiger partial charge in [0.15, 0.2) is 5.78 Å². The minimum atomic E-state index is -2.49. The van der Waals surface area contributed by atoms with E-state index in [1.807, 2.05) is 0 Å². The number of rotatable bonds is 5. The maximum atomic E-state index is 12.5. The van der Waals surface area contributed by atoms with Gasteiger partial charge in [0.25, 0.3) is 5.76 Å². The summed E-state index contributed by atoms with van der Waals surface area (Å²) in [6.07, 6.45) is 0. The number of thioether (sulfide) groups is 1. The van der Waals surface area contributed by atoms with Crippen molar-refractivity contribution in [1.29, 1.82) is 0 Å². The van der Waals surface area contributed by atoms with Crippen LogP contribution in [-0.4, -0.2) is 11.5 Å². The molecule has 0 aliphatic heterocycles. The van der Waals surface area contributed by atoms with Crippen LogP contribution >= 0.6 is 11.8 Å². The van der Waals surface area contributed by atoms with Gasteiger partial charge in [-0.25, -0.2) is 0 Å². The molecule has 0 radical (unpaired) electrons. The van der Waals surface area contributed by atoms with Crippen LogP contribution in [0.1, 0.15) is 17.3 Å². The van der Waals surface area contributed by atoms with Crippen LogP contribution in [-0.2, 0) is 0 Å². The summed E-state index contributed by atoms with van der Waals surface area (Å²) in [5.74, 6) is -2.64. The van der Waals surface area contributed by atoms with Gasteiger partial charge in [-0.3, -0.25) is 4.79 Å². The van der Waals surface area contributed by atoms with Crippen LogP contribution in [0.5, 0.6) is 0 Å². The van der Waals surface area contributed by atoms with E-state index in [9.17, 15) is 13.6 Å². The molecule has 0 atom stereocenters. The van der Waals surface area contributed by atoms with E-state index in [1.54, 1.807) is 42.5 Å². The summed E-state index contributed by atoms with van der Waals surface area (Å²) >= 11 is 0.470. The van der Waals surface area contributed by atoms with Crippen molar-refractivity contribution in [3.63, 3.8) is 0 Å². The zero-order valence-corrected chi connectivity index (χ0v) is 12.1. The molecule has 0 fully saturated rings. The molecule has 0 saturated carbocycles. The van der Waals surface area contributed by atoms with Gasteiger partial charge in [-0.15, -0.1) is 0 Å². The maximum absolute atomic E-state index is 12.5. The van der Waals surface area contributed by atoms with Crippen LogP contribution in [0, 0.1) is 0 Å². The number of ketones is 1. The third-order valence-corrected chi connectivity index (χ3v) is 3.60. The largest absolute Gasteiger partial charge is 0.398 e. The molecule has 0 spiro atoms. The van der Waals surface area contributed by atoms with Gasteiger partial charge in [-0.05, 0) is 37.3 Å². The predicted octanol–water partition coefficient (Wildman–Crippen LogP) is 4.53. The molecule has 3 nitrogen and oxygen atoms in total. The van der Waals surface area contributed by atoms with Gasteiger partial charge >= 0.3 is 0 Å². The Kier molecular flexibility index (Phi) is 4.80. The van der Waals surface area contributed by atoms with Crippen LogP contribution in [0.25, 0.3) is 0 Å². The third kappa shape index (κ3) is 3.95. The predicted molar refractivity (Wildman–Crippen MR) is 82.4 cm³/mol. The van der Waals surface area contributed by atoms with Crippen molar-refractivity contribution in [2.24, 2.45) is 0 Å². The monoisotopic (exact) mass is 308 g/mol. The number of para-hydroxylation sites is 1. The van der Waals surface area contributed by atoms with Gasteiger partial charge in [0.1, 0.15) is 0 Å². The second kappa shape index (κ2) is 6.58. The zero-order valence-electron chi connectivity index (χ0n) is 11.3. The summed E-state index contributed by atoms with van der Waals surface area (Å²) < 4.78 is 25.1. The number of nitrogens with two attached hydrogens (primary N) is 1. The standard InChI is InChI=1S/C15H14F2N2OS/c1-9(20)11-8-10(6-7-12(11)18)19-13-4-2-3-5-14(13)21-15(16)17/h2-8,15,19H,18H2,1H3. The first-order chi connectivity index (χ1) is 9.97. The highest BCUT2D eigenvalue weighted by Crippen LogP contribution is 2.33. The normalized spacial score (nSPS) is 10.7. The van der Waals surface area contributed by atoms with Crippen molar-refractivity contribution in [2.45, 2.75) is 17.6 Å². The second-order valence-electron chi connectivity index (χ2n) is 4.36. The Morgan fingerprint density at radius 3 is 2.62 bits per heavy atom. The second-order valence-corrected chi connectivity index (χ2v) is 5.39. The molecular formula is C15H14F2N2OS. The number of carbonyl (C=O) groups is 1. The Hall–Kier alpha value is -2.08. The Bertz CT molecular complexity index is 662. The Balaban J connectivity index is 2.30. The number of benzene rings is 2. The molecule has 2 aromatic rings. The first kappa shape index (κ1) is 15.3. The fraction of sp³-hybridized carbons (Fsp3) is 0.133. The molecule has 21 heavy (non-hydrogen) atoms. The Labute approximate surface area is 125 Å². The number of anilines is 3. The number of nitrogens with one attached hydrogen (secondary N) is 1. The summed E-state index contributed by atoms with van der Waals surface area (Å²) in [6, 6.07) is 11.7. The fourth-order valence-electron chi connectivity index (χ4n) is 1.86. The minimum Gasteiger partial charge on any atom is -0.398 e. The number of alkyl halides is 2. The van der Waals surface area contributed by atoms with E-state index in [1.165, 1.54) is 6.92 Å². The van der Waals surface area contributed by atoms with Gasteiger partial charge in [0.05, 0.1) is 5.69 Å². The number of halogens is 2. The van der Waals surface area contributed by atoms with E-state index in [2.05, 4.69) is 5.32 Å². The van der Waals surface area contributed by atoms with Gasteiger partial charge in [0.2, 0.25) is 0 Å². The smallest absolute Gasteiger partial charge is 0.288 e. The van der Waals surface area contributed by atoms with E-state index >= 15 is 0 Å². The molecule has 2 aromatic carbocycles. The van der Waals surface area contributed by atoms with Crippen molar-refractivity contribution < 1.29 is 13.6 Å². The third-order valence-electron chi connectivity index (χ3n) is 2.81. The van der Waals surface area contributed by atoms with Gasteiger partial charge in [0, 0.05) is 21.8 Å². The lowest BCUT2D eigenvalue weighted by Gasteiger charge is -2.12. The van der Waals surface area contributed by atoms with Gasteiger partial charge in [-0.1, -0.05) is 23.9 Å². The lowest BCUT2D eigenvalue weighted by molar-refractivity contribution is 0.101. The Morgan fingerprint density at radius 2 is 1.95 bits per heavy atom. The van der Waals surface area contributed by atoms with Crippen molar-refractivity contribution in [1.82, 2.24) is 0 Å². The summed E-state index contributed by atoms with van der Waals surface area (Å²) in [5, 5.41) is 3.04. The molecule has 6 heteroatoms. The molecule has 3 N–H and O–H groups in total. The van der Waals surface area contributed by atoms with E-state index in [4.69, 9.17) is 5.73 Å². The molecule has 0 saturated heterocycles. The number of nitrogen functional groups attached to an aromatic ring is 1. The Morgan fingerprint density at radius 1 is 1.24 bits per heavy atom. The highest BCUT2D eigenvalue weighted by atomic mass is 32.2. The zero-order chi connectivity index (χ0) is 15.4. The molecule has 0 heterocycles. The molecular weight excluding hydrogens is 294 g/mol. The molecule has 0 aliphatic rings. The summed E-state index contributed by atoms with van der Waals surface area (Å²) in [4.78, 5) is 11.9. The molecule has 0 unspecified atom stereocenters. The van der Waals surface area contributed by atoms with Crippen LogP contribution in [0.3, 0.4) is 0 Å². The van der Waals surface area contributed by atoms with Crippen LogP contribution in [0.15, 0.2) is 47.4 Å². The van der Waals surface area contributed by atoms with Crippen molar-refractivity contribution in [3.05, 3.63) is 48.0 Å². The summed E-state index contributed by atoms with van der Waals surface area (Å²) in [6.45, 7) is 1.43. The van der Waals surface area contributed by atoms with E-state index in [-0.39, 0.29) is 5.78 Å². The molecule has 0 bridgehead atoms. The van der Waals surface area contributed by atoms with E-state index in [0.717, 1.165) is 0 Å². The van der Waals surface area contributed by atoms with Gasteiger partial charge in [-0.2, -0.15) is 8.78 Å². The average Bonchev–Trinajstić information content (AvgIpc) is 2.42. The van der Waals surface area contributed by atoms with Crippen molar-refractivity contribution in [2.75, 3.05) is 11.1 Å². The lowest BCUT2D eigenvalue weighted by Crippen LogP contribution is -2.01. The highest BCUT2D eigenvalue weighted by molar-refractivity contribution is 7.99. The minimum absolute atomic E-state index is 0.147. The van der Waals surface area contributed by atoms with Crippen LogP contribution in [0.4, 0.5) is 25.8 Å². The van der Waals surface area contributed by atoms with Gasteiger partial charge < -0.3 is 11.1 Å². The fourth-order valence-corrected chi connectivity index (χ4v) is 2.46. The number of hydrogen-bond donors (Lipinski definition) is 2. The van der Waals surface area contributed by atoms with E-state index in [0.29, 0.717) is 39.3 Å². The highest BCUT2D eigenvalue weighted by Gasteiger charge is 2.11. The molecule has 0 amide bonds. The topological polar surface area (TPSA) is 55.1 Å². The average molecular weight is 308 g/mol. The first-order valence-corrected chi connectivity index (χ1v) is 7.06. The van der Waals surface area contributed by atoms with Crippen LogP contribution in [0.2, 0.25) is 0 Å². The van der Waals surface area contributed by atoms with Crippen LogP contribution < -0.4 is 11.1 Å². The number of Topliss-reactive ketones (excluding diaryl/α,β-unsaturated/α-hetero) is 1. The SMILES string of the molecule is CC(=O)c1cc(Nc2ccccc2SC(F)F)ccc1N. The van der Waals surface area contributed by atoms with E-state index < -0.39 is 5.76 Å². The summed E-state index contributed by atoms with van der Waals surface area (Å²) in [5.41, 5.74) is 7.70. The first-order valence-electron chi connectivity index (χ1n) is 6.18. The maximum Gasteiger partial charge on any atom is 0.288 e. The van der Waals surface area contributed by atoms with Crippen molar-refractivity contribution >= 4 is 34.6 Å². The molecule has 110 valence electrons. The quantitative estimate of drug-likeness (QED) is 0.484. The number of hydrogen-bond acceptors (Lipinski definition) is 4.